The molecule has 0 amide bonds. The number of nitrogens with zero attached hydrogens (tertiary/aromatic N) is 2. The Kier molecular flexibility index (Phi) is 9.07. The van der Waals surface area contributed by atoms with Crippen LogP contribution in [0.1, 0.15) is 16.1 Å². The van der Waals surface area contributed by atoms with Crippen molar-refractivity contribution in [2.45, 2.75) is 18.0 Å². The first kappa shape index (κ1) is 28.6. The van der Waals surface area contributed by atoms with Gasteiger partial charge in [0.15, 0.2) is 6.54 Å². The molecule has 6 rings (SSSR count). The number of ether oxygens (including phenoxy) is 2. The molecule has 0 spiro atoms. The third-order valence-corrected chi connectivity index (χ3v) is 9.41. The second-order valence-electron chi connectivity index (χ2n) is 9.99. The van der Waals surface area contributed by atoms with Crippen LogP contribution in [0.25, 0.3) is 16.3 Å². The zero-order valence-corrected chi connectivity index (χ0v) is 25.9. The molecule has 4 nitrogen and oxygen atoms in total. The van der Waals surface area contributed by atoms with Crippen LogP contribution in [0, 0.1) is 0 Å². The molecule has 0 aliphatic carbocycles. The number of thiazole rings is 1. The van der Waals surface area contributed by atoms with E-state index in [1.54, 1.807) is 37.3 Å². The molecule has 43 heavy (non-hydrogen) atoms. The van der Waals surface area contributed by atoms with Crippen molar-refractivity contribution in [3.8, 4) is 11.5 Å². The van der Waals surface area contributed by atoms with Crippen molar-refractivity contribution in [1.82, 2.24) is 0 Å². The van der Waals surface area contributed by atoms with E-state index in [-0.39, 0.29) is 0 Å². The minimum absolute atomic E-state index is 0.782. The van der Waals surface area contributed by atoms with Crippen molar-refractivity contribution in [1.29, 1.82) is 0 Å². The Hall–Kier alpha value is -4.52. The average Bonchev–Trinajstić information content (AvgIpc) is 3.58. The Labute approximate surface area is 261 Å². The van der Waals surface area contributed by atoms with E-state index in [1.165, 1.54) is 42.0 Å². The SMILES string of the molecule is COc1cccc(CN2C(=CC=C/C=C/C=C/c3sc4ccccc4[n+]3Cc3cccc(OC)c3)Sc3ccccc32)c1. The van der Waals surface area contributed by atoms with Crippen molar-refractivity contribution in [3.05, 3.63) is 155 Å². The molecule has 0 atom stereocenters. The summed E-state index contributed by atoms with van der Waals surface area (Å²) < 4.78 is 14.5. The molecule has 0 fully saturated rings. The zero-order valence-electron chi connectivity index (χ0n) is 24.2. The van der Waals surface area contributed by atoms with Crippen LogP contribution < -0.4 is 18.9 Å². The van der Waals surface area contributed by atoms with Crippen LogP contribution in [0.3, 0.4) is 0 Å². The minimum atomic E-state index is 0.782. The van der Waals surface area contributed by atoms with E-state index in [0.717, 1.165) is 24.6 Å². The molecule has 0 unspecified atom stereocenters. The first-order chi connectivity index (χ1) is 21.2. The molecule has 6 heteroatoms. The average molecular weight is 602 g/mol. The van der Waals surface area contributed by atoms with Gasteiger partial charge in [0.1, 0.15) is 16.2 Å². The van der Waals surface area contributed by atoms with E-state index in [9.17, 15) is 0 Å². The van der Waals surface area contributed by atoms with Gasteiger partial charge in [0.2, 0.25) is 5.52 Å². The predicted octanol–water partition coefficient (Wildman–Crippen LogP) is 9.03. The summed E-state index contributed by atoms with van der Waals surface area (Å²) in [6.45, 7) is 1.56. The van der Waals surface area contributed by atoms with Gasteiger partial charge in [-0.25, -0.2) is 0 Å². The number of aromatic nitrogens is 1. The minimum Gasteiger partial charge on any atom is -0.497 e. The summed E-state index contributed by atoms with van der Waals surface area (Å²) in [6.07, 6.45) is 14.8. The Morgan fingerprint density at radius 1 is 0.721 bits per heavy atom. The molecular formula is C37H33N2O2S2+. The second-order valence-corrected chi connectivity index (χ2v) is 12.1. The maximum absolute atomic E-state index is 5.44. The van der Waals surface area contributed by atoms with Gasteiger partial charge in [-0.1, -0.05) is 102 Å². The maximum Gasteiger partial charge on any atom is 0.263 e. The third-order valence-electron chi connectivity index (χ3n) is 7.14. The fraction of sp³-hybridized carbons (Fsp3) is 0.108. The molecule has 0 radical (unpaired) electrons. The zero-order chi connectivity index (χ0) is 29.4. The van der Waals surface area contributed by atoms with E-state index in [1.807, 2.05) is 24.3 Å². The number of fused-ring (bicyclic) bond motifs is 2. The van der Waals surface area contributed by atoms with Crippen LogP contribution in [0.4, 0.5) is 5.69 Å². The van der Waals surface area contributed by atoms with Gasteiger partial charge in [-0.15, -0.1) is 0 Å². The van der Waals surface area contributed by atoms with Gasteiger partial charge in [0.25, 0.3) is 5.01 Å². The summed E-state index contributed by atoms with van der Waals surface area (Å²) in [6, 6.07) is 33.7. The standard InChI is InChI=1S/C37H33N2O2S2/c1-40-30-16-12-14-28(24-30)26-38-32-18-8-10-20-34(32)42-36(38)22-6-4-3-5-7-23-37-39(33-19-9-11-21-35(33)43-37)27-29-15-13-17-31(25-29)41-2/h3-25H,26-27H2,1-2H3/q+1. The van der Waals surface area contributed by atoms with Gasteiger partial charge in [0.05, 0.1) is 24.9 Å². The molecule has 0 N–H and O–H groups in total. The van der Waals surface area contributed by atoms with Crippen LogP contribution in [0.5, 0.6) is 11.5 Å². The fourth-order valence-corrected chi connectivity index (χ4v) is 7.20. The summed E-state index contributed by atoms with van der Waals surface area (Å²) in [5, 5.41) is 2.40. The summed E-state index contributed by atoms with van der Waals surface area (Å²) in [7, 11) is 3.42. The summed E-state index contributed by atoms with van der Waals surface area (Å²) in [5.41, 5.74) is 4.89. The van der Waals surface area contributed by atoms with Gasteiger partial charge in [-0.2, -0.15) is 4.57 Å². The molecule has 0 bridgehead atoms. The smallest absolute Gasteiger partial charge is 0.263 e. The Morgan fingerprint density at radius 2 is 1.42 bits per heavy atom. The van der Waals surface area contributed by atoms with Gasteiger partial charge in [-0.05, 0) is 54.1 Å². The van der Waals surface area contributed by atoms with E-state index in [0.29, 0.717) is 0 Å². The lowest BCUT2D eigenvalue weighted by molar-refractivity contribution is -0.659. The molecule has 2 heterocycles. The highest BCUT2D eigenvalue weighted by Gasteiger charge is 2.24. The van der Waals surface area contributed by atoms with Crippen molar-refractivity contribution in [3.63, 3.8) is 0 Å². The van der Waals surface area contributed by atoms with Crippen LogP contribution >= 0.6 is 23.1 Å². The lowest BCUT2D eigenvalue weighted by Gasteiger charge is -2.20. The lowest BCUT2D eigenvalue weighted by atomic mass is 10.2. The summed E-state index contributed by atoms with van der Waals surface area (Å²) >= 11 is 3.61. The summed E-state index contributed by atoms with van der Waals surface area (Å²) in [5.74, 6) is 1.76. The van der Waals surface area contributed by atoms with Crippen molar-refractivity contribution >= 4 is 45.1 Å². The molecule has 0 saturated heterocycles. The van der Waals surface area contributed by atoms with Crippen LogP contribution in [-0.4, -0.2) is 14.2 Å². The Morgan fingerprint density at radius 3 is 2.26 bits per heavy atom. The third kappa shape index (κ3) is 6.77. The molecule has 1 aliphatic heterocycles. The number of benzene rings is 4. The second kappa shape index (κ2) is 13.6. The largest absolute Gasteiger partial charge is 0.497 e. The molecule has 214 valence electrons. The number of rotatable bonds is 10. The highest BCUT2D eigenvalue weighted by atomic mass is 32.2. The predicted molar refractivity (Wildman–Crippen MR) is 181 cm³/mol. The molecule has 1 aliphatic rings. The number of anilines is 1. The first-order valence-corrected chi connectivity index (χ1v) is 15.8. The number of hydrogen-bond donors (Lipinski definition) is 0. The normalized spacial score (nSPS) is 14.1. The lowest BCUT2D eigenvalue weighted by Crippen LogP contribution is -2.35. The van der Waals surface area contributed by atoms with Gasteiger partial charge >= 0.3 is 0 Å². The number of hydrogen-bond acceptors (Lipinski definition) is 5. The number of allylic oxidation sites excluding steroid dienone is 6. The number of thioether (sulfide) groups is 1. The van der Waals surface area contributed by atoms with Gasteiger partial charge in [-0.3, -0.25) is 0 Å². The molecule has 0 saturated carbocycles. The van der Waals surface area contributed by atoms with E-state index >= 15 is 0 Å². The Balaban J connectivity index is 1.17. The monoisotopic (exact) mass is 601 g/mol. The number of para-hydroxylation sites is 2. The van der Waals surface area contributed by atoms with Gasteiger partial charge in [0, 0.05) is 29.1 Å². The van der Waals surface area contributed by atoms with Crippen LogP contribution in [0.2, 0.25) is 0 Å². The Bertz CT molecular complexity index is 1850. The topological polar surface area (TPSA) is 25.6 Å². The number of methoxy groups -OCH3 is 2. The van der Waals surface area contributed by atoms with Gasteiger partial charge < -0.3 is 14.4 Å². The van der Waals surface area contributed by atoms with Crippen molar-refractivity contribution < 1.29 is 14.0 Å². The summed E-state index contributed by atoms with van der Waals surface area (Å²) in [4.78, 5) is 3.64. The quantitative estimate of drug-likeness (QED) is 0.118. The van der Waals surface area contributed by atoms with Crippen LogP contribution in [0.15, 0.2) is 143 Å². The van der Waals surface area contributed by atoms with E-state index < -0.39 is 0 Å². The van der Waals surface area contributed by atoms with E-state index in [4.69, 9.17) is 9.47 Å². The van der Waals surface area contributed by atoms with Crippen molar-refractivity contribution in [2.24, 2.45) is 0 Å². The maximum atomic E-state index is 5.44. The van der Waals surface area contributed by atoms with E-state index in [2.05, 4.69) is 125 Å². The van der Waals surface area contributed by atoms with Crippen LogP contribution in [-0.2, 0) is 13.1 Å². The highest BCUT2D eigenvalue weighted by molar-refractivity contribution is 8.03. The fourth-order valence-electron chi connectivity index (χ4n) is 5.05. The molecule has 5 aromatic rings. The van der Waals surface area contributed by atoms with Crippen molar-refractivity contribution in [2.75, 3.05) is 19.1 Å². The first-order valence-electron chi connectivity index (χ1n) is 14.2. The highest BCUT2D eigenvalue weighted by Crippen LogP contribution is 2.46. The molecular weight excluding hydrogens is 569 g/mol. The molecule has 4 aromatic carbocycles. The molecule has 1 aromatic heterocycles.